The van der Waals surface area contributed by atoms with Gasteiger partial charge in [0.15, 0.2) is 0 Å². The average molecular weight is 528 g/mol. The Morgan fingerprint density at radius 1 is 0.895 bits per heavy atom. The van der Waals surface area contributed by atoms with Crippen LogP contribution in [-0.2, 0) is 48.2 Å². The maximum absolute atomic E-state index is 12.7. The molecule has 1 aliphatic heterocycles. The van der Waals surface area contributed by atoms with Gasteiger partial charge in [-0.2, -0.15) is 0 Å². The number of carbonyl (C=O) groups excluding carboxylic acids is 3. The molecule has 1 saturated heterocycles. The molecule has 0 bridgehead atoms. The number of amides is 2. The topological polar surface area (TPSA) is 115 Å². The van der Waals surface area contributed by atoms with Gasteiger partial charge in [-0.1, -0.05) is 36.4 Å². The van der Waals surface area contributed by atoms with Crippen LogP contribution in [0.5, 0.6) is 5.75 Å². The molecule has 2 N–H and O–H groups in total. The summed E-state index contributed by atoms with van der Waals surface area (Å²) in [4.78, 5) is 39.4. The Morgan fingerprint density at radius 3 is 2.05 bits per heavy atom. The second-order valence-corrected chi connectivity index (χ2v) is 9.12. The van der Waals surface area contributed by atoms with Crippen LogP contribution in [0.1, 0.15) is 23.6 Å². The van der Waals surface area contributed by atoms with E-state index in [1.165, 1.54) is 7.11 Å². The van der Waals surface area contributed by atoms with E-state index in [2.05, 4.69) is 10.6 Å². The highest BCUT2D eigenvalue weighted by Crippen LogP contribution is 2.14. The second-order valence-electron chi connectivity index (χ2n) is 9.12. The molecule has 2 aromatic rings. The third kappa shape index (κ3) is 9.44. The monoisotopic (exact) mass is 527 g/mol. The maximum atomic E-state index is 12.7. The van der Waals surface area contributed by atoms with Crippen molar-refractivity contribution in [3.63, 3.8) is 0 Å². The van der Waals surface area contributed by atoms with Crippen molar-refractivity contribution in [1.29, 1.82) is 0 Å². The number of nitrogens with zero attached hydrogens (tertiary/aromatic N) is 1. The first-order chi connectivity index (χ1) is 18.4. The minimum absolute atomic E-state index is 0.192. The van der Waals surface area contributed by atoms with Crippen LogP contribution in [0, 0.1) is 0 Å². The molecule has 0 aromatic heterocycles. The summed E-state index contributed by atoms with van der Waals surface area (Å²) in [6.07, 6.45) is 0.250. The molecule has 1 unspecified atom stereocenters. The van der Waals surface area contributed by atoms with E-state index in [1.807, 2.05) is 53.4 Å². The van der Waals surface area contributed by atoms with Crippen molar-refractivity contribution in [3.05, 3.63) is 65.2 Å². The predicted octanol–water partition coefficient (Wildman–Crippen LogP) is 1.45. The number of esters is 1. The van der Waals surface area contributed by atoms with Gasteiger partial charge in [-0.3, -0.25) is 14.5 Å². The quantitative estimate of drug-likeness (QED) is 0.376. The summed E-state index contributed by atoms with van der Waals surface area (Å²) >= 11 is 0. The Morgan fingerprint density at radius 2 is 1.47 bits per heavy atom. The molecule has 0 radical (unpaired) electrons. The number of morpholine rings is 1. The number of nitrogens with one attached hydrogen (secondary N) is 2. The van der Waals surface area contributed by atoms with Crippen molar-refractivity contribution >= 4 is 17.8 Å². The lowest BCUT2D eigenvalue weighted by Crippen LogP contribution is -2.53. The normalized spacial score (nSPS) is 15.2. The van der Waals surface area contributed by atoms with Crippen LogP contribution in [0.4, 0.5) is 0 Å². The molecular weight excluding hydrogens is 490 g/mol. The van der Waals surface area contributed by atoms with Crippen molar-refractivity contribution < 1.29 is 33.3 Å². The third-order valence-electron chi connectivity index (χ3n) is 6.20. The van der Waals surface area contributed by atoms with Crippen LogP contribution in [0.3, 0.4) is 0 Å². The Hall–Kier alpha value is -3.47. The lowest BCUT2D eigenvalue weighted by Gasteiger charge is -2.26. The molecule has 10 heteroatoms. The second kappa shape index (κ2) is 15.1. The van der Waals surface area contributed by atoms with Gasteiger partial charge in [0.25, 0.3) is 0 Å². The first-order valence-corrected chi connectivity index (χ1v) is 12.6. The van der Waals surface area contributed by atoms with Crippen LogP contribution >= 0.6 is 0 Å². The van der Waals surface area contributed by atoms with Crippen molar-refractivity contribution in [2.24, 2.45) is 0 Å². The molecule has 2 aromatic carbocycles. The van der Waals surface area contributed by atoms with Gasteiger partial charge >= 0.3 is 5.97 Å². The number of methoxy groups -OCH3 is 2. The van der Waals surface area contributed by atoms with E-state index in [9.17, 15) is 14.4 Å². The molecule has 2 atom stereocenters. The van der Waals surface area contributed by atoms with Crippen LogP contribution in [0.15, 0.2) is 48.5 Å². The minimum atomic E-state index is -0.886. The zero-order chi connectivity index (χ0) is 27.3. The summed E-state index contributed by atoms with van der Waals surface area (Å²) in [5, 5.41) is 5.40. The van der Waals surface area contributed by atoms with Gasteiger partial charge in [-0.15, -0.1) is 0 Å². The van der Waals surface area contributed by atoms with E-state index in [0.717, 1.165) is 22.4 Å². The smallest absolute Gasteiger partial charge is 0.328 e. The average Bonchev–Trinajstić information content (AvgIpc) is 2.94. The maximum Gasteiger partial charge on any atom is 0.328 e. The lowest BCUT2D eigenvalue weighted by atomic mass is 10.0. The van der Waals surface area contributed by atoms with E-state index in [0.29, 0.717) is 39.5 Å². The van der Waals surface area contributed by atoms with Gasteiger partial charge in [-0.05, 0) is 35.7 Å². The van der Waals surface area contributed by atoms with Crippen molar-refractivity contribution in [2.75, 3.05) is 47.1 Å². The first kappa shape index (κ1) is 29.1. The molecule has 3 rings (SSSR count). The zero-order valence-corrected chi connectivity index (χ0v) is 22.2. The molecule has 2 amide bonds. The van der Waals surface area contributed by atoms with Gasteiger partial charge in [0.2, 0.25) is 11.8 Å². The molecule has 1 heterocycles. The highest BCUT2D eigenvalue weighted by atomic mass is 16.5. The molecule has 10 nitrogen and oxygen atoms in total. The standard InChI is InChI=1S/C28H37N3O7/c1-20(29-26(32)17-31-12-14-37-15-13-31)27(33)30-25(28(34)36-3)16-21-4-6-22(7-5-21)18-38-19-23-8-10-24(35-2)11-9-23/h4-11,20,25H,12-19H2,1-3H3,(H,29,32)(H,30,33)/t20-,25?/m0/s1. The van der Waals surface area contributed by atoms with Crippen molar-refractivity contribution in [3.8, 4) is 5.75 Å². The Balaban J connectivity index is 1.47. The SMILES string of the molecule is COC(=O)C(Cc1ccc(COCc2ccc(OC)cc2)cc1)NC(=O)[C@H](C)NC(=O)CN1CCOCC1. The fourth-order valence-electron chi connectivity index (χ4n) is 3.96. The van der Waals surface area contributed by atoms with Gasteiger partial charge in [0.05, 0.1) is 47.2 Å². The summed E-state index contributed by atoms with van der Waals surface area (Å²) < 4.78 is 21.1. The summed E-state index contributed by atoms with van der Waals surface area (Å²) in [6, 6.07) is 13.6. The molecule has 0 spiro atoms. The molecular formula is C28H37N3O7. The number of ether oxygens (including phenoxy) is 4. The van der Waals surface area contributed by atoms with Gasteiger partial charge in [0.1, 0.15) is 17.8 Å². The fourth-order valence-corrected chi connectivity index (χ4v) is 3.96. The first-order valence-electron chi connectivity index (χ1n) is 12.6. The van der Waals surface area contributed by atoms with E-state index in [1.54, 1.807) is 14.0 Å². The van der Waals surface area contributed by atoms with Gasteiger partial charge in [0, 0.05) is 19.5 Å². The number of hydrogen-bond acceptors (Lipinski definition) is 8. The molecule has 1 aliphatic rings. The van der Waals surface area contributed by atoms with Gasteiger partial charge < -0.3 is 29.6 Å². The fraction of sp³-hybridized carbons (Fsp3) is 0.464. The highest BCUT2D eigenvalue weighted by Gasteiger charge is 2.26. The number of benzene rings is 2. The van der Waals surface area contributed by atoms with E-state index in [4.69, 9.17) is 18.9 Å². The molecule has 206 valence electrons. The largest absolute Gasteiger partial charge is 0.497 e. The Labute approximate surface area is 223 Å². The highest BCUT2D eigenvalue weighted by molar-refractivity contribution is 5.91. The Bertz CT molecular complexity index is 1040. The van der Waals surface area contributed by atoms with E-state index in [-0.39, 0.29) is 18.9 Å². The lowest BCUT2D eigenvalue weighted by molar-refractivity contribution is -0.145. The molecule has 1 fully saturated rings. The molecule has 38 heavy (non-hydrogen) atoms. The molecule has 0 aliphatic carbocycles. The summed E-state index contributed by atoms with van der Waals surface area (Å²) in [6.45, 7) is 5.20. The van der Waals surface area contributed by atoms with Crippen LogP contribution in [0.2, 0.25) is 0 Å². The minimum Gasteiger partial charge on any atom is -0.497 e. The third-order valence-corrected chi connectivity index (χ3v) is 6.20. The van der Waals surface area contributed by atoms with Crippen LogP contribution < -0.4 is 15.4 Å². The number of hydrogen-bond donors (Lipinski definition) is 2. The van der Waals surface area contributed by atoms with Crippen LogP contribution in [0.25, 0.3) is 0 Å². The summed E-state index contributed by atoms with van der Waals surface area (Å²) in [5.74, 6) is -0.473. The summed E-state index contributed by atoms with van der Waals surface area (Å²) in [7, 11) is 2.91. The number of rotatable bonds is 13. The van der Waals surface area contributed by atoms with Crippen molar-refractivity contribution in [1.82, 2.24) is 15.5 Å². The predicted molar refractivity (Wildman–Crippen MR) is 140 cm³/mol. The Kier molecular flexibility index (Phi) is 11.5. The van der Waals surface area contributed by atoms with Crippen molar-refractivity contribution in [2.45, 2.75) is 38.6 Å². The van der Waals surface area contributed by atoms with Crippen LogP contribution in [-0.4, -0.2) is 81.8 Å². The van der Waals surface area contributed by atoms with E-state index >= 15 is 0 Å². The van der Waals surface area contributed by atoms with E-state index < -0.39 is 24.0 Å². The number of carbonyl (C=O) groups is 3. The zero-order valence-electron chi connectivity index (χ0n) is 22.2. The van der Waals surface area contributed by atoms with Gasteiger partial charge in [-0.25, -0.2) is 4.79 Å². The molecule has 0 saturated carbocycles. The summed E-state index contributed by atoms with van der Waals surface area (Å²) in [5.41, 5.74) is 2.88.